The molecule has 0 bridgehead atoms. The second-order valence-electron chi connectivity index (χ2n) is 7.41. The van der Waals surface area contributed by atoms with E-state index in [0.717, 1.165) is 34.7 Å². The summed E-state index contributed by atoms with van der Waals surface area (Å²) in [6.07, 6.45) is 4.12. The van der Waals surface area contributed by atoms with Crippen LogP contribution in [0, 0.1) is 0 Å². The average molecular weight is 404 g/mol. The van der Waals surface area contributed by atoms with E-state index in [2.05, 4.69) is 25.6 Å². The number of aromatic nitrogens is 3. The average Bonchev–Trinajstić information content (AvgIpc) is 3.22. The zero-order valence-electron chi connectivity index (χ0n) is 17.0. The summed E-state index contributed by atoms with van der Waals surface area (Å²) in [4.78, 5) is 25.1. The van der Waals surface area contributed by atoms with E-state index in [-0.39, 0.29) is 17.9 Å². The molecule has 0 fully saturated rings. The molecule has 4 N–H and O–H groups in total. The molecule has 30 heavy (non-hydrogen) atoms. The number of hydrogen-bond acceptors (Lipinski definition) is 7. The number of nitrogens with two attached hydrogens (primary N) is 1. The van der Waals surface area contributed by atoms with Crippen LogP contribution in [0.25, 0.3) is 11.3 Å². The second kappa shape index (κ2) is 8.36. The van der Waals surface area contributed by atoms with Crippen molar-refractivity contribution < 1.29 is 9.53 Å². The lowest BCUT2D eigenvalue weighted by Crippen LogP contribution is -2.30. The van der Waals surface area contributed by atoms with Gasteiger partial charge in [0, 0.05) is 42.5 Å². The van der Waals surface area contributed by atoms with Gasteiger partial charge in [-0.2, -0.15) is 0 Å². The van der Waals surface area contributed by atoms with Crippen LogP contribution in [0.1, 0.15) is 35.3 Å². The van der Waals surface area contributed by atoms with Crippen molar-refractivity contribution in [3.05, 3.63) is 59.4 Å². The number of nitrogens with zero attached hydrogens (tertiary/aromatic N) is 3. The van der Waals surface area contributed by atoms with Gasteiger partial charge in [-0.3, -0.25) is 4.79 Å². The van der Waals surface area contributed by atoms with E-state index in [0.29, 0.717) is 24.4 Å². The van der Waals surface area contributed by atoms with Gasteiger partial charge in [-0.1, -0.05) is 12.1 Å². The number of pyridine rings is 1. The first kappa shape index (κ1) is 19.6. The molecule has 0 radical (unpaired) electrons. The summed E-state index contributed by atoms with van der Waals surface area (Å²) in [5.74, 6) is 1.68. The van der Waals surface area contributed by atoms with Gasteiger partial charge in [-0.15, -0.1) is 0 Å². The Morgan fingerprint density at radius 2 is 2.13 bits per heavy atom. The molecule has 8 nitrogen and oxygen atoms in total. The summed E-state index contributed by atoms with van der Waals surface area (Å²) in [5, 5.41) is 6.29. The summed E-state index contributed by atoms with van der Waals surface area (Å²) in [6, 6.07) is 9.45. The smallest absolute Gasteiger partial charge is 0.251 e. The minimum Gasteiger partial charge on any atom is -0.492 e. The Kier molecular flexibility index (Phi) is 5.47. The summed E-state index contributed by atoms with van der Waals surface area (Å²) in [5.41, 5.74) is 9.85. The lowest BCUT2D eigenvalue weighted by atomic mass is 10.1. The van der Waals surface area contributed by atoms with E-state index in [9.17, 15) is 4.79 Å². The Morgan fingerprint density at radius 3 is 2.93 bits per heavy atom. The van der Waals surface area contributed by atoms with Gasteiger partial charge < -0.3 is 21.1 Å². The maximum absolute atomic E-state index is 12.3. The van der Waals surface area contributed by atoms with Gasteiger partial charge in [0.15, 0.2) is 0 Å². The molecule has 2 aromatic heterocycles. The van der Waals surface area contributed by atoms with Crippen molar-refractivity contribution in [2.24, 2.45) is 0 Å². The zero-order valence-corrected chi connectivity index (χ0v) is 17.0. The van der Waals surface area contributed by atoms with Gasteiger partial charge in [0.25, 0.3) is 5.91 Å². The maximum atomic E-state index is 12.3. The van der Waals surface area contributed by atoms with Crippen LogP contribution in [0.5, 0.6) is 5.75 Å². The van der Waals surface area contributed by atoms with E-state index in [1.807, 2.05) is 38.1 Å². The fourth-order valence-electron chi connectivity index (χ4n) is 3.40. The fraction of sp³-hybridized carbons (Fsp3) is 0.273. The molecule has 3 heterocycles. The fourth-order valence-corrected chi connectivity index (χ4v) is 3.40. The number of nitrogens with one attached hydrogen (secondary N) is 2. The van der Waals surface area contributed by atoms with Gasteiger partial charge in [0.2, 0.25) is 5.95 Å². The van der Waals surface area contributed by atoms with Crippen LogP contribution in [0.4, 0.5) is 11.8 Å². The molecule has 4 rings (SSSR count). The third kappa shape index (κ3) is 4.17. The molecule has 0 spiro atoms. The predicted octanol–water partition coefficient (Wildman–Crippen LogP) is 2.81. The summed E-state index contributed by atoms with van der Waals surface area (Å²) in [7, 11) is 0. The molecule has 3 aromatic rings. The topological polar surface area (TPSA) is 115 Å². The molecule has 1 aromatic carbocycles. The van der Waals surface area contributed by atoms with Crippen molar-refractivity contribution in [3.8, 4) is 17.0 Å². The Balaban J connectivity index is 1.54. The predicted molar refractivity (Wildman–Crippen MR) is 115 cm³/mol. The van der Waals surface area contributed by atoms with Gasteiger partial charge in [-0.05, 0) is 37.6 Å². The monoisotopic (exact) mass is 404 g/mol. The Morgan fingerprint density at radius 1 is 1.27 bits per heavy atom. The van der Waals surface area contributed by atoms with Crippen molar-refractivity contribution >= 4 is 17.7 Å². The van der Waals surface area contributed by atoms with Crippen LogP contribution in [0.15, 0.2) is 42.7 Å². The van der Waals surface area contributed by atoms with Crippen molar-refractivity contribution in [2.45, 2.75) is 32.9 Å². The Bertz CT molecular complexity index is 1080. The van der Waals surface area contributed by atoms with Gasteiger partial charge >= 0.3 is 0 Å². The lowest BCUT2D eigenvalue weighted by molar-refractivity contribution is 0.0943. The number of fused-ring (bicyclic) bond motifs is 1. The number of rotatable bonds is 6. The number of ether oxygens (including phenoxy) is 1. The number of nitrogen functional groups attached to an aromatic ring is 1. The van der Waals surface area contributed by atoms with Crippen LogP contribution < -0.4 is 21.1 Å². The quantitative estimate of drug-likeness (QED) is 0.579. The first-order valence-electron chi connectivity index (χ1n) is 9.88. The van der Waals surface area contributed by atoms with Crippen molar-refractivity contribution in [3.63, 3.8) is 0 Å². The SMILES string of the molecule is CC(C)NC(=O)c1cccc(CNc2ncc(-c3ccnc(N)n3)c3c2CCO3)c1. The normalized spacial score (nSPS) is 12.4. The van der Waals surface area contributed by atoms with E-state index in [4.69, 9.17) is 10.5 Å². The van der Waals surface area contributed by atoms with Gasteiger partial charge in [0.05, 0.1) is 17.9 Å². The second-order valence-corrected chi connectivity index (χ2v) is 7.41. The molecule has 8 heteroatoms. The van der Waals surface area contributed by atoms with Crippen molar-refractivity contribution in [1.82, 2.24) is 20.3 Å². The van der Waals surface area contributed by atoms with Crippen LogP contribution in [-0.2, 0) is 13.0 Å². The Hall–Kier alpha value is -3.68. The first-order chi connectivity index (χ1) is 14.5. The third-order valence-corrected chi connectivity index (χ3v) is 4.74. The third-order valence-electron chi connectivity index (χ3n) is 4.74. The zero-order chi connectivity index (χ0) is 21.1. The minimum atomic E-state index is -0.0762. The summed E-state index contributed by atoms with van der Waals surface area (Å²) >= 11 is 0. The number of amides is 1. The van der Waals surface area contributed by atoms with Crippen LogP contribution >= 0.6 is 0 Å². The van der Waals surface area contributed by atoms with Crippen molar-refractivity contribution in [2.75, 3.05) is 17.7 Å². The molecule has 0 aliphatic carbocycles. The van der Waals surface area contributed by atoms with E-state index in [1.165, 1.54) is 0 Å². The molecular formula is C22H24N6O2. The maximum Gasteiger partial charge on any atom is 0.251 e. The largest absolute Gasteiger partial charge is 0.492 e. The van der Waals surface area contributed by atoms with Gasteiger partial charge in [-0.25, -0.2) is 15.0 Å². The molecule has 154 valence electrons. The number of benzene rings is 1. The highest BCUT2D eigenvalue weighted by molar-refractivity contribution is 5.94. The molecule has 1 aliphatic heterocycles. The molecular weight excluding hydrogens is 380 g/mol. The highest BCUT2D eigenvalue weighted by Gasteiger charge is 2.23. The molecule has 0 atom stereocenters. The summed E-state index contributed by atoms with van der Waals surface area (Å²) in [6.45, 7) is 5.02. The molecule has 1 aliphatic rings. The lowest BCUT2D eigenvalue weighted by Gasteiger charge is -2.13. The van der Waals surface area contributed by atoms with Crippen molar-refractivity contribution in [1.29, 1.82) is 0 Å². The van der Waals surface area contributed by atoms with Crippen LogP contribution in [0.2, 0.25) is 0 Å². The minimum absolute atomic E-state index is 0.0762. The molecule has 0 saturated carbocycles. The number of anilines is 2. The standard InChI is InChI=1S/C22H24N6O2/c1-13(2)27-21(29)15-5-3-4-14(10-15)11-25-20-16-7-9-30-19(16)17(12-26-20)18-6-8-24-22(23)28-18/h3-6,8,10,12-13H,7,9,11H2,1-2H3,(H,25,26)(H,27,29)(H2,23,24,28). The van der Waals surface area contributed by atoms with Crippen LogP contribution in [-0.4, -0.2) is 33.5 Å². The Labute approximate surface area is 174 Å². The highest BCUT2D eigenvalue weighted by atomic mass is 16.5. The molecule has 0 saturated heterocycles. The van der Waals surface area contributed by atoms with E-state index >= 15 is 0 Å². The number of carbonyl (C=O) groups excluding carboxylic acids is 1. The van der Waals surface area contributed by atoms with Crippen LogP contribution in [0.3, 0.4) is 0 Å². The molecule has 0 unspecified atom stereocenters. The number of hydrogen-bond donors (Lipinski definition) is 3. The number of carbonyl (C=O) groups is 1. The van der Waals surface area contributed by atoms with Gasteiger partial charge in [0.1, 0.15) is 11.6 Å². The first-order valence-corrected chi connectivity index (χ1v) is 9.88. The van der Waals surface area contributed by atoms with E-state index < -0.39 is 0 Å². The molecule has 1 amide bonds. The highest BCUT2D eigenvalue weighted by Crippen LogP contribution is 2.39. The summed E-state index contributed by atoms with van der Waals surface area (Å²) < 4.78 is 5.87. The van der Waals surface area contributed by atoms with E-state index in [1.54, 1.807) is 18.5 Å².